The van der Waals surface area contributed by atoms with Crippen molar-refractivity contribution in [3.8, 4) is 0 Å². The Bertz CT molecular complexity index is 808. The molecule has 4 nitrogen and oxygen atoms in total. The van der Waals surface area contributed by atoms with Crippen LogP contribution in [0.5, 0.6) is 0 Å². The van der Waals surface area contributed by atoms with Gasteiger partial charge in [0.1, 0.15) is 0 Å². The molecule has 0 saturated carbocycles. The van der Waals surface area contributed by atoms with Gasteiger partial charge in [0.2, 0.25) is 5.91 Å². The van der Waals surface area contributed by atoms with Crippen LogP contribution in [-0.4, -0.2) is 34.9 Å². The maximum Gasteiger partial charge on any atom is 0.220 e. The molecule has 2 atom stereocenters. The van der Waals surface area contributed by atoms with Crippen LogP contribution in [0.25, 0.3) is 0 Å². The van der Waals surface area contributed by atoms with E-state index >= 15 is 0 Å². The molecule has 1 amide bonds. The van der Waals surface area contributed by atoms with Gasteiger partial charge < -0.3 is 15.5 Å². The van der Waals surface area contributed by atoms with Crippen molar-refractivity contribution in [3.63, 3.8) is 0 Å². The largest absolute Gasteiger partial charge is 0.394 e. The molecule has 0 fully saturated rings. The molecule has 258 valence electrons. The van der Waals surface area contributed by atoms with E-state index in [0.717, 1.165) is 77.0 Å². The van der Waals surface area contributed by atoms with Crippen LogP contribution < -0.4 is 5.32 Å². The lowest BCUT2D eigenvalue weighted by atomic mass is 10.0. The molecule has 0 aromatic rings. The lowest BCUT2D eigenvalue weighted by Gasteiger charge is -2.22. The van der Waals surface area contributed by atoms with Gasteiger partial charge in [-0.1, -0.05) is 164 Å². The van der Waals surface area contributed by atoms with Crippen LogP contribution in [0.1, 0.15) is 162 Å². The molecule has 0 radical (unpaired) electrons. The Balaban J connectivity index is 3.64. The molecule has 0 aliphatic rings. The maximum atomic E-state index is 12.3. The molecule has 0 bridgehead atoms. The number of hydrogen-bond donors (Lipinski definition) is 3. The molecule has 0 aliphatic carbocycles. The van der Waals surface area contributed by atoms with Gasteiger partial charge in [0.05, 0.1) is 18.8 Å². The zero-order valence-corrected chi connectivity index (χ0v) is 29.4. The zero-order chi connectivity index (χ0) is 32.9. The first-order valence-electron chi connectivity index (χ1n) is 18.6. The van der Waals surface area contributed by atoms with Crippen LogP contribution in [0, 0.1) is 0 Å². The van der Waals surface area contributed by atoms with Gasteiger partial charge >= 0.3 is 0 Å². The molecule has 0 aromatic heterocycles. The molecule has 0 saturated heterocycles. The van der Waals surface area contributed by atoms with Gasteiger partial charge in [-0.05, 0) is 64.2 Å². The summed E-state index contributed by atoms with van der Waals surface area (Å²) in [6.45, 7) is 4.18. The summed E-state index contributed by atoms with van der Waals surface area (Å²) in [5.41, 5.74) is 0. The fraction of sp³-hybridized carbons (Fsp3) is 0.683. The number of amides is 1. The van der Waals surface area contributed by atoms with Gasteiger partial charge in [0, 0.05) is 6.42 Å². The molecule has 45 heavy (non-hydrogen) atoms. The summed E-state index contributed by atoms with van der Waals surface area (Å²) in [4.78, 5) is 12.3. The molecule has 0 aliphatic heterocycles. The average Bonchev–Trinajstić information content (AvgIpc) is 3.04. The summed E-state index contributed by atoms with van der Waals surface area (Å²) in [5.74, 6) is -0.0540. The normalized spacial score (nSPS) is 14.0. The Morgan fingerprint density at radius 1 is 0.556 bits per heavy atom. The predicted octanol–water partition coefficient (Wildman–Crippen LogP) is 11.2. The summed E-state index contributed by atoms with van der Waals surface area (Å²) in [6.07, 6.45) is 51.1. The standard InChI is InChI=1S/C41H71NO3/c1-3-5-7-9-11-13-14-15-16-17-18-19-20-21-22-23-24-25-26-27-28-29-31-33-35-37-41(45)42-39(38-43)40(44)36-34-32-30-12-10-8-6-4-2/h5,7,11,13,15-16,18-19,21-22,24-25,39-40,43-44H,3-4,6,8-10,12,14,17,20,23,26-38H2,1-2H3,(H,42,45)/b7-5-,13-11-,16-15-,19-18-,22-21-,25-24-. The van der Waals surface area contributed by atoms with E-state index in [1.165, 1.54) is 57.8 Å². The topological polar surface area (TPSA) is 69.6 Å². The molecule has 0 rings (SSSR count). The number of aliphatic hydroxyl groups excluding tert-OH is 2. The Morgan fingerprint density at radius 3 is 1.47 bits per heavy atom. The van der Waals surface area contributed by atoms with Crippen molar-refractivity contribution in [1.29, 1.82) is 0 Å². The number of hydrogen-bond acceptors (Lipinski definition) is 3. The van der Waals surface area contributed by atoms with Crippen LogP contribution in [0.15, 0.2) is 72.9 Å². The second-order valence-corrected chi connectivity index (χ2v) is 12.3. The van der Waals surface area contributed by atoms with Crippen molar-refractivity contribution >= 4 is 5.91 Å². The summed E-state index contributed by atoms with van der Waals surface area (Å²) >= 11 is 0. The molecule has 0 heterocycles. The first-order chi connectivity index (χ1) is 22.2. The Hall–Kier alpha value is -2.17. The lowest BCUT2D eigenvalue weighted by molar-refractivity contribution is -0.123. The van der Waals surface area contributed by atoms with Gasteiger partial charge in [-0.3, -0.25) is 4.79 Å². The third-order valence-corrected chi connectivity index (χ3v) is 7.98. The van der Waals surface area contributed by atoms with Crippen LogP contribution in [0.3, 0.4) is 0 Å². The minimum Gasteiger partial charge on any atom is -0.394 e. The fourth-order valence-electron chi connectivity index (χ4n) is 5.13. The third-order valence-electron chi connectivity index (χ3n) is 7.98. The Kier molecular flexibility index (Phi) is 34.5. The summed E-state index contributed by atoms with van der Waals surface area (Å²) < 4.78 is 0. The molecule has 0 aromatic carbocycles. The highest BCUT2D eigenvalue weighted by Crippen LogP contribution is 2.13. The first-order valence-corrected chi connectivity index (χ1v) is 18.6. The van der Waals surface area contributed by atoms with E-state index in [-0.39, 0.29) is 12.5 Å². The predicted molar refractivity (Wildman–Crippen MR) is 197 cm³/mol. The van der Waals surface area contributed by atoms with Gasteiger partial charge in [-0.15, -0.1) is 0 Å². The molecule has 4 heteroatoms. The van der Waals surface area contributed by atoms with E-state index in [1.54, 1.807) is 0 Å². The molecule has 2 unspecified atom stereocenters. The van der Waals surface area contributed by atoms with Gasteiger partial charge in [-0.2, -0.15) is 0 Å². The second kappa shape index (κ2) is 36.3. The maximum absolute atomic E-state index is 12.3. The lowest BCUT2D eigenvalue weighted by Crippen LogP contribution is -2.45. The van der Waals surface area contributed by atoms with Crippen molar-refractivity contribution < 1.29 is 15.0 Å². The third kappa shape index (κ3) is 33.0. The van der Waals surface area contributed by atoms with Crippen molar-refractivity contribution in [2.24, 2.45) is 0 Å². The van der Waals surface area contributed by atoms with Crippen LogP contribution in [0.4, 0.5) is 0 Å². The van der Waals surface area contributed by atoms with Crippen molar-refractivity contribution in [3.05, 3.63) is 72.9 Å². The van der Waals surface area contributed by atoms with E-state index in [2.05, 4.69) is 92.1 Å². The monoisotopic (exact) mass is 626 g/mol. The SMILES string of the molecule is CC/C=C\C/C=C\C/C=C\C/C=C\C/C=C\C/C=C\CCCCCCCCC(=O)NC(CO)C(O)CCCCCCCCCC. The van der Waals surface area contributed by atoms with Crippen molar-refractivity contribution in [1.82, 2.24) is 5.32 Å². The van der Waals surface area contributed by atoms with E-state index < -0.39 is 12.1 Å². The Labute approximate surface area is 278 Å². The highest BCUT2D eigenvalue weighted by atomic mass is 16.3. The molecule has 0 spiro atoms. The summed E-state index contributed by atoms with van der Waals surface area (Å²) in [7, 11) is 0. The molecular formula is C41H71NO3. The van der Waals surface area contributed by atoms with Gasteiger partial charge in [-0.25, -0.2) is 0 Å². The number of carbonyl (C=O) groups is 1. The Morgan fingerprint density at radius 2 is 0.978 bits per heavy atom. The average molecular weight is 626 g/mol. The quantitative estimate of drug-likeness (QED) is 0.0514. The summed E-state index contributed by atoms with van der Waals surface area (Å²) in [6, 6.07) is -0.545. The minimum atomic E-state index is -0.666. The number of nitrogens with one attached hydrogen (secondary N) is 1. The fourth-order valence-corrected chi connectivity index (χ4v) is 5.13. The smallest absolute Gasteiger partial charge is 0.220 e. The van der Waals surface area contributed by atoms with Gasteiger partial charge in [0.15, 0.2) is 0 Å². The van der Waals surface area contributed by atoms with Crippen LogP contribution >= 0.6 is 0 Å². The van der Waals surface area contributed by atoms with E-state index in [0.29, 0.717) is 12.8 Å². The molecular weight excluding hydrogens is 554 g/mol. The number of rotatable bonds is 32. The van der Waals surface area contributed by atoms with Crippen molar-refractivity contribution in [2.75, 3.05) is 6.61 Å². The molecule has 3 N–H and O–H groups in total. The number of unbranched alkanes of at least 4 members (excludes halogenated alkanes) is 13. The highest BCUT2D eigenvalue weighted by Gasteiger charge is 2.19. The second-order valence-electron chi connectivity index (χ2n) is 12.3. The van der Waals surface area contributed by atoms with Crippen LogP contribution in [0.2, 0.25) is 0 Å². The number of aliphatic hydroxyl groups is 2. The van der Waals surface area contributed by atoms with E-state index in [4.69, 9.17) is 0 Å². The van der Waals surface area contributed by atoms with Gasteiger partial charge in [0.25, 0.3) is 0 Å². The number of carbonyl (C=O) groups excluding carboxylic acids is 1. The van der Waals surface area contributed by atoms with E-state index in [1.807, 2.05) is 0 Å². The van der Waals surface area contributed by atoms with Crippen molar-refractivity contribution in [2.45, 2.75) is 174 Å². The summed E-state index contributed by atoms with van der Waals surface area (Å²) in [5, 5.41) is 22.9. The minimum absolute atomic E-state index is 0.0540. The van der Waals surface area contributed by atoms with Crippen LogP contribution in [-0.2, 0) is 4.79 Å². The zero-order valence-electron chi connectivity index (χ0n) is 29.4. The van der Waals surface area contributed by atoms with E-state index in [9.17, 15) is 15.0 Å². The number of allylic oxidation sites excluding steroid dienone is 12. The highest BCUT2D eigenvalue weighted by molar-refractivity contribution is 5.76. The first kappa shape index (κ1) is 42.8.